The van der Waals surface area contributed by atoms with Gasteiger partial charge in [-0.25, -0.2) is 0 Å². The van der Waals surface area contributed by atoms with Crippen molar-refractivity contribution in [2.45, 2.75) is 38.5 Å². The zero-order valence-electron chi connectivity index (χ0n) is 11.7. The molecule has 0 heterocycles. The van der Waals surface area contributed by atoms with Crippen LogP contribution in [0, 0.1) is 5.92 Å². The number of benzene rings is 2. The summed E-state index contributed by atoms with van der Waals surface area (Å²) in [6.45, 7) is 2.28. The fourth-order valence-electron chi connectivity index (χ4n) is 2.99. The van der Waals surface area contributed by atoms with Crippen LogP contribution in [0.3, 0.4) is 0 Å². The Kier molecular flexibility index (Phi) is 3.68. The van der Waals surface area contributed by atoms with Gasteiger partial charge in [0.05, 0.1) is 0 Å². The molecule has 0 aliphatic heterocycles. The van der Waals surface area contributed by atoms with E-state index >= 15 is 0 Å². The number of rotatable bonds is 5. The molecule has 0 heteroatoms. The van der Waals surface area contributed by atoms with Crippen LogP contribution in [0.1, 0.15) is 44.1 Å². The molecule has 0 aromatic heterocycles. The molecule has 0 bridgehead atoms. The van der Waals surface area contributed by atoms with Crippen LogP contribution in [0.25, 0.3) is 11.1 Å². The monoisotopic (exact) mass is 250 g/mol. The quantitative estimate of drug-likeness (QED) is 0.643. The van der Waals surface area contributed by atoms with Gasteiger partial charge in [-0.15, -0.1) is 0 Å². The molecule has 2 aromatic carbocycles. The van der Waals surface area contributed by atoms with Crippen LogP contribution in [0.4, 0.5) is 0 Å². The summed E-state index contributed by atoms with van der Waals surface area (Å²) >= 11 is 0. The summed E-state index contributed by atoms with van der Waals surface area (Å²) in [7, 11) is 0. The van der Waals surface area contributed by atoms with Crippen molar-refractivity contribution in [3.8, 4) is 11.1 Å². The molecule has 0 radical (unpaired) electrons. The van der Waals surface area contributed by atoms with Gasteiger partial charge >= 0.3 is 0 Å². The molecule has 0 N–H and O–H groups in total. The first-order chi connectivity index (χ1) is 9.38. The highest BCUT2D eigenvalue weighted by atomic mass is 14.4. The van der Waals surface area contributed by atoms with E-state index in [1.54, 1.807) is 5.56 Å². The molecule has 0 unspecified atom stereocenters. The van der Waals surface area contributed by atoms with Crippen molar-refractivity contribution in [2.75, 3.05) is 0 Å². The molecule has 2 atom stereocenters. The van der Waals surface area contributed by atoms with Crippen molar-refractivity contribution in [3.63, 3.8) is 0 Å². The average molecular weight is 250 g/mol. The SMILES string of the molecule is CCCC[C@H]1C[C@@H]1c1ccc(-c2ccccc2)cc1. The van der Waals surface area contributed by atoms with Crippen LogP contribution >= 0.6 is 0 Å². The van der Waals surface area contributed by atoms with E-state index in [4.69, 9.17) is 0 Å². The molecule has 0 saturated heterocycles. The van der Waals surface area contributed by atoms with E-state index in [2.05, 4.69) is 61.5 Å². The molecule has 2 aromatic rings. The van der Waals surface area contributed by atoms with Gasteiger partial charge in [0.2, 0.25) is 0 Å². The summed E-state index contributed by atoms with van der Waals surface area (Å²) in [6, 6.07) is 19.8. The van der Waals surface area contributed by atoms with Crippen molar-refractivity contribution in [3.05, 3.63) is 60.2 Å². The Hall–Kier alpha value is -1.56. The lowest BCUT2D eigenvalue weighted by Crippen LogP contribution is -1.85. The molecule has 3 rings (SSSR count). The Balaban J connectivity index is 1.67. The highest BCUT2D eigenvalue weighted by Gasteiger charge is 2.37. The van der Waals surface area contributed by atoms with Crippen LogP contribution in [0.2, 0.25) is 0 Å². The van der Waals surface area contributed by atoms with E-state index in [0.29, 0.717) is 0 Å². The molecule has 0 amide bonds. The minimum Gasteiger partial charge on any atom is -0.0654 e. The Labute approximate surface area is 116 Å². The second-order valence-electron chi connectivity index (χ2n) is 5.73. The summed E-state index contributed by atoms with van der Waals surface area (Å²) in [5.41, 5.74) is 4.18. The second-order valence-corrected chi connectivity index (χ2v) is 5.73. The van der Waals surface area contributed by atoms with Gasteiger partial charge in [-0.1, -0.05) is 74.4 Å². The fourth-order valence-corrected chi connectivity index (χ4v) is 2.99. The lowest BCUT2D eigenvalue weighted by molar-refractivity contribution is 0.640. The second kappa shape index (κ2) is 5.61. The highest BCUT2D eigenvalue weighted by Crippen LogP contribution is 2.50. The van der Waals surface area contributed by atoms with Gasteiger partial charge in [0, 0.05) is 0 Å². The normalized spacial score (nSPS) is 21.3. The maximum atomic E-state index is 2.33. The number of unbranched alkanes of at least 4 members (excludes halogenated alkanes) is 1. The first-order valence-electron chi connectivity index (χ1n) is 7.54. The van der Waals surface area contributed by atoms with Gasteiger partial charge in [0.25, 0.3) is 0 Å². The minimum absolute atomic E-state index is 0.844. The molecule has 0 spiro atoms. The Morgan fingerprint density at radius 2 is 1.58 bits per heavy atom. The van der Waals surface area contributed by atoms with E-state index in [1.165, 1.54) is 36.8 Å². The maximum absolute atomic E-state index is 2.33. The highest BCUT2D eigenvalue weighted by molar-refractivity contribution is 5.63. The molecule has 1 saturated carbocycles. The maximum Gasteiger partial charge on any atom is -0.0131 e. The lowest BCUT2D eigenvalue weighted by atomic mass is 10.0. The van der Waals surface area contributed by atoms with Gasteiger partial charge in [-0.2, -0.15) is 0 Å². The standard InChI is InChI=1S/C19H22/c1-2-3-7-18-14-19(18)17-12-10-16(11-13-17)15-8-5-4-6-9-15/h4-6,8-13,18-19H,2-3,7,14H2,1H3/t18-,19+/m0/s1. The van der Waals surface area contributed by atoms with Crippen molar-refractivity contribution in [2.24, 2.45) is 5.92 Å². The van der Waals surface area contributed by atoms with Crippen molar-refractivity contribution in [1.29, 1.82) is 0 Å². The zero-order chi connectivity index (χ0) is 13.1. The topological polar surface area (TPSA) is 0 Å². The van der Waals surface area contributed by atoms with Crippen molar-refractivity contribution in [1.82, 2.24) is 0 Å². The summed E-state index contributed by atoms with van der Waals surface area (Å²) in [5, 5.41) is 0. The summed E-state index contributed by atoms with van der Waals surface area (Å²) in [4.78, 5) is 0. The average Bonchev–Trinajstić information content (AvgIpc) is 3.26. The van der Waals surface area contributed by atoms with Gasteiger partial charge in [0.15, 0.2) is 0 Å². The van der Waals surface area contributed by atoms with E-state index in [1.807, 2.05) is 0 Å². The Bertz CT molecular complexity index is 509. The predicted octanol–water partition coefficient (Wildman–Crippen LogP) is 5.65. The van der Waals surface area contributed by atoms with E-state index in [0.717, 1.165) is 11.8 Å². The molecular formula is C19H22. The van der Waals surface area contributed by atoms with Gasteiger partial charge in [-0.05, 0) is 41.4 Å². The van der Waals surface area contributed by atoms with E-state index in [-0.39, 0.29) is 0 Å². The minimum atomic E-state index is 0.844. The van der Waals surface area contributed by atoms with Crippen LogP contribution in [0.5, 0.6) is 0 Å². The molecular weight excluding hydrogens is 228 g/mol. The predicted molar refractivity (Wildman–Crippen MR) is 82.3 cm³/mol. The van der Waals surface area contributed by atoms with Crippen LogP contribution in [-0.4, -0.2) is 0 Å². The van der Waals surface area contributed by atoms with E-state index < -0.39 is 0 Å². The van der Waals surface area contributed by atoms with Crippen LogP contribution in [0.15, 0.2) is 54.6 Å². The van der Waals surface area contributed by atoms with Crippen LogP contribution < -0.4 is 0 Å². The summed E-state index contributed by atoms with van der Waals surface area (Å²) < 4.78 is 0. The third kappa shape index (κ3) is 2.89. The first-order valence-corrected chi connectivity index (χ1v) is 7.54. The molecule has 0 nitrogen and oxygen atoms in total. The fraction of sp³-hybridized carbons (Fsp3) is 0.368. The Morgan fingerprint density at radius 1 is 0.895 bits per heavy atom. The largest absolute Gasteiger partial charge is 0.0654 e. The molecule has 1 aliphatic rings. The molecule has 1 aliphatic carbocycles. The lowest BCUT2D eigenvalue weighted by Gasteiger charge is -2.04. The number of hydrogen-bond acceptors (Lipinski definition) is 0. The molecule has 19 heavy (non-hydrogen) atoms. The summed E-state index contributed by atoms with van der Waals surface area (Å²) in [6.07, 6.45) is 5.55. The van der Waals surface area contributed by atoms with Crippen molar-refractivity contribution >= 4 is 0 Å². The smallest absolute Gasteiger partial charge is 0.0131 e. The van der Waals surface area contributed by atoms with Crippen molar-refractivity contribution < 1.29 is 0 Å². The molecule has 1 fully saturated rings. The van der Waals surface area contributed by atoms with Gasteiger partial charge < -0.3 is 0 Å². The first kappa shape index (κ1) is 12.5. The van der Waals surface area contributed by atoms with Crippen LogP contribution in [-0.2, 0) is 0 Å². The third-order valence-electron chi connectivity index (χ3n) is 4.30. The van der Waals surface area contributed by atoms with E-state index in [9.17, 15) is 0 Å². The number of hydrogen-bond donors (Lipinski definition) is 0. The third-order valence-corrected chi connectivity index (χ3v) is 4.30. The zero-order valence-corrected chi connectivity index (χ0v) is 11.7. The molecule has 98 valence electrons. The Morgan fingerprint density at radius 3 is 2.26 bits per heavy atom. The summed E-state index contributed by atoms with van der Waals surface area (Å²) in [5.74, 6) is 1.80. The van der Waals surface area contributed by atoms with Gasteiger partial charge in [-0.3, -0.25) is 0 Å². The van der Waals surface area contributed by atoms with Gasteiger partial charge in [0.1, 0.15) is 0 Å².